The highest BCUT2D eigenvalue weighted by Gasteiger charge is 1.94. The quantitative estimate of drug-likeness (QED) is 0.297. The van der Waals surface area contributed by atoms with E-state index in [2.05, 4.69) is 6.92 Å². The van der Waals surface area contributed by atoms with Gasteiger partial charge in [-0.05, 0) is 13.3 Å². The molecule has 0 atom stereocenters. The Bertz CT molecular complexity index is 194. The standard InChI is InChI=1S/C18H38O6/c1-3-5-6-7-8-20-11-12-22-15-16-24-18-17-23-14-13-21-10-9-19-4-2/h3-18H2,1-2H3. The third-order valence-electron chi connectivity index (χ3n) is 3.21. The third kappa shape index (κ3) is 21.8. The van der Waals surface area contributed by atoms with Crippen LogP contribution in [0, 0.1) is 0 Å². The first-order valence-electron chi connectivity index (χ1n) is 9.38. The van der Waals surface area contributed by atoms with E-state index in [9.17, 15) is 0 Å². The highest BCUT2D eigenvalue weighted by atomic mass is 16.6. The van der Waals surface area contributed by atoms with Gasteiger partial charge in [-0.1, -0.05) is 26.2 Å². The molecular weight excluding hydrogens is 312 g/mol. The van der Waals surface area contributed by atoms with Crippen LogP contribution < -0.4 is 0 Å². The molecule has 0 fully saturated rings. The van der Waals surface area contributed by atoms with Crippen LogP contribution in [0.3, 0.4) is 0 Å². The zero-order valence-electron chi connectivity index (χ0n) is 15.8. The Morgan fingerprint density at radius 2 is 0.750 bits per heavy atom. The maximum atomic E-state index is 5.49. The Hall–Kier alpha value is -0.240. The van der Waals surface area contributed by atoms with Gasteiger partial charge in [0.2, 0.25) is 0 Å². The van der Waals surface area contributed by atoms with E-state index in [1.165, 1.54) is 19.3 Å². The first-order valence-corrected chi connectivity index (χ1v) is 9.38. The summed E-state index contributed by atoms with van der Waals surface area (Å²) >= 11 is 0. The van der Waals surface area contributed by atoms with Gasteiger partial charge >= 0.3 is 0 Å². The van der Waals surface area contributed by atoms with Crippen LogP contribution in [0.5, 0.6) is 0 Å². The fourth-order valence-corrected chi connectivity index (χ4v) is 1.87. The minimum atomic E-state index is 0.579. The third-order valence-corrected chi connectivity index (χ3v) is 3.21. The van der Waals surface area contributed by atoms with Crippen molar-refractivity contribution in [3.05, 3.63) is 0 Å². The van der Waals surface area contributed by atoms with E-state index in [-0.39, 0.29) is 0 Å². The van der Waals surface area contributed by atoms with Crippen molar-refractivity contribution in [3.63, 3.8) is 0 Å². The lowest BCUT2D eigenvalue weighted by molar-refractivity contribution is -0.0163. The molecule has 0 aromatic rings. The first-order chi connectivity index (χ1) is 11.9. The molecule has 6 heteroatoms. The van der Waals surface area contributed by atoms with E-state index >= 15 is 0 Å². The fourth-order valence-electron chi connectivity index (χ4n) is 1.87. The largest absolute Gasteiger partial charge is 0.379 e. The topological polar surface area (TPSA) is 55.4 Å². The molecule has 0 aromatic carbocycles. The molecule has 6 nitrogen and oxygen atoms in total. The first kappa shape index (κ1) is 23.8. The van der Waals surface area contributed by atoms with Crippen LogP contribution >= 0.6 is 0 Å². The molecule has 0 aromatic heterocycles. The molecule has 0 rings (SSSR count). The van der Waals surface area contributed by atoms with Crippen LogP contribution in [0.15, 0.2) is 0 Å². The molecule has 24 heavy (non-hydrogen) atoms. The second-order valence-electron chi connectivity index (χ2n) is 5.32. The summed E-state index contributed by atoms with van der Waals surface area (Å²) in [5.74, 6) is 0. The lowest BCUT2D eigenvalue weighted by Gasteiger charge is -2.08. The van der Waals surface area contributed by atoms with Crippen molar-refractivity contribution in [1.82, 2.24) is 0 Å². The Morgan fingerprint density at radius 3 is 1.12 bits per heavy atom. The number of rotatable bonds is 21. The summed E-state index contributed by atoms with van der Waals surface area (Å²) in [7, 11) is 0. The van der Waals surface area contributed by atoms with Crippen molar-refractivity contribution in [3.8, 4) is 0 Å². The van der Waals surface area contributed by atoms with Crippen LogP contribution in [0.2, 0.25) is 0 Å². The summed E-state index contributed by atoms with van der Waals surface area (Å²) in [4.78, 5) is 0. The normalized spacial score (nSPS) is 11.2. The second-order valence-corrected chi connectivity index (χ2v) is 5.32. The molecule has 0 aliphatic heterocycles. The number of ether oxygens (including phenoxy) is 6. The smallest absolute Gasteiger partial charge is 0.0701 e. The monoisotopic (exact) mass is 350 g/mol. The van der Waals surface area contributed by atoms with Gasteiger partial charge in [0.1, 0.15) is 0 Å². The summed E-state index contributed by atoms with van der Waals surface area (Å²) < 4.78 is 32.2. The van der Waals surface area contributed by atoms with Gasteiger partial charge in [0, 0.05) is 13.2 Å². The van der Waals surface area contributed by atoms with E-state index in [0.717, 1.165) is 19.6 Å². The molecule has 0 bridgehead atoms. The van der Waals surface area contributed by atoms with E-state index < -0.39 is 0 Å². The molecule has 0 unspecified atom stereocenters. The predicted molar refractivity (Wildman–Crippen MR) is 94.7 cm³/mol. The molecule has 0 aliphatic carbocycles. The molecule has 0 heterocycles. The minimum absolute atomic E-state index is 0.579. The Kier molecular flexibility index (Phi) is 22.5. The lowest BCUT2D eigenvalue weighted by atomic mass is 10.2. The summed E-state index contributed by atoms with van der Waals surface area (Å²) in [6, 6.07) is 0. The van der Waals surface area contributed by atoms with Crippen molar-refractivity contribution >= 4 is 0 Å². The maximum absolute atomic E-state index is 5.49. The van der Waals surface area contributed by atoms with Gasteiger partial charge in [0.25, 0.3) is 0 Å². The Morgan fingerprint density at radius 1 is 0.375 bits per heavy atom. The van der Waals surface area contributed by atoms with Crippen LogP contribution in [0.25, 0.3) is 0 Å². The summed E-state index contributed by atoms with van der Waals surface area (Å²) in [6.07, 6.45) is 4.96. The van der Waals surface area contributed by atoms with Gasteiger partial charge in [-0.3, -0.25) is 0 Å². The van der Waals surface area contributed by atoms with Crippen LogP contribution in [-0.4, -0.2) is 79.3 Å². The molecule has 146 valence electrons. The highest BCUT2D eigenvalue weighted by Crippen LogP contribution is 1.98. The molecule has 0 saturated carbocycles. The average molecular weight is 350 g/mol. The number of hydrogen-bond donors (Lipinski definition) is 0. The molecule has 0 N–H and O–H groups in total. The van der Waals surface area contributed by atoms with Crippen molar-refractivity contribution in [2.45, 2.75) is 39.5 Å². The fraction of sp³-hybridized carbons (Fsp3) is 1.00. The minimum Gasteiger partial charge on any atom is -0.379 e. The van der Waals surface area contributed by atoms with Gasteiger partial charge in [0.15, 0.2) is 0 Å². The van der Waals surface area contributed by atoms with Crippen LogP contribution in [0.4, 0.5) is 0 Å². The van der Waals surface area contributed by atoms with Gasteiger partial charge in [-0.25, -0.2) is 0 Å². The molecule has 0 aliphatic rings. The Balaban J connectivity index is 2.93. The van der Waals surface area contributed by atoms with Crippen molar-refractivity contribution in [1.29, 1.82) is 0 Å². The van der Waals surface area contributed by atoms with Gasteiger partial charge in [0.05, 0.1) is 66.1 Å². The number of hydrogen-bond acceptors (Lipinski definition) is 6. The lowest BCUT2D eigenvalue weighted by Crippen LogP contribution is -2.14. The summed E-state index contributed by atoms with van der Waals surface area (Å²) in [5.41, 5.74) is 0. The summed E-state index contributed by atoms with van der Waals surface area (Å²) in [6.45, 7) is 11.8. The number of unbranched alkanes of at least 4 members (excludes halogenated alkanes) is 3. The SMILES string of the molecule is CCCCCCOCCOCCOCCOCCOCCOCC. The zero-order chi connectivity index (χ0) is 17.6. The van der Waals surface area contributed by atoms with E-state index in [0.29, 0.717) is 66.1 Å². The van der Waals surface area contributed by atoms with Crippen molar-refractivity contribution in [2.75, 3.05) is 79.3 Å². The molecule has 0 spiro atoms. The Labute approximate surface area is 148 Å². The van der Waals surface area contributed by atoms with Gasteiger partial charge in [-0.2, -0.15) is 0 Å². The van der Waals surface area contributed by atoms with Crippen molar-refractivity contribution in [2.24, 2.45) is 0 Å². The molecule has 0 saturated heterocycles. The van der Waals surface area contributed by atoms with E-state index in [1.54, 1.807) is 0 Å². The molecular formula is C18H38O6. The van der Waals surface area contributed by atoms with E-state index in [1.807, 2.05) is 6.92 Å². The zero-order valence-corrected chi connectivity index (χ0v) is 15.8. The average Bonchev–Trinajstić information content (AvgIpc) is 2.60. The summed E-state index contributed by atoms with van der Waals surface area (Å²) in [5, 5.41) is 0. The highest BCUT2D eigenvalue weighted by molar-refractivity contribution is 4.40. The molecule has 0 amide bonds. The van der Waals surface area contributed by atoms with Gasteiger partial charge < -0.3 is 28.4 Å². The van der Waals surface area contributed by atoms with E-state index in [4.69, 9.17) is 28.4 Å². The van der Waals surface area contributed by atoms with Crippen molar-refractivity contribution < 1.29 is 28.4 Å². The maximum Gasteiger partial charge on any atom is 0.0701 e. The van der Waals surface area contributed by atoms with Crippen LogP contribution in [-0.2, 0) is 28.4 Å². The second kappa shape index (κ2) is 22.8. The molecule has 0 radical (unpaired) electrons. The predicted octanol–water partition coefficient (Wildman–Crippen LogP) is 2.69. The van der Waals surface area contributed by atoms with Gasteiger partial charge in [-0.15, -0.1) is 0 Å². The van der Waals surface area contributed by atoms with Crippen LogP contribution in [0.1, 0.15) is 39.5 Å².